The van der Waals surface area contributed by atoms with E-state index in [9.17, 15) is 9.59 Å². The smallest absolute Gasteiger partial charge is 0.303 e. The van der Waals surface area contributed by atoms with E-state index in [0.29, 0.717) is 31.6 Å². The van der Waals surface area contributed by atoms with E-state index >= 15 is 0 Å². The van der Waals surface area contributed by atoms with Gasteiger partial charge in [0.1, 0.15) is 5.69 Å². The summed E-state index contributed by atoms with van der Waals surface area (Å²) in [4.78, 5) is 28.0. The molecule has 0 aliphatic heterocycles. The van der Waals surface area contributed by atoms with Crippen LogP contribution in [-0.4, -0.2) is 47.0 Å². The molecule has 6 nitrogen and oxygen atoms in total. The van der Waals surface area contributed by atoms with Crippen LogP contribution >= 0.6 is 11.3 Å². The minimum atomic E-state index is -0.852. The summed E-state index contributed by atoms with van der Waals surface area (Å²) in [5, 5.41) is 11.1. The molecule has 0 fully saturated rings. The van der Waals surface area contributed by atoms with E-state index < -0.39 is 5.97 Å². The molecule has 0 aromatic carbocycles. The number of thiazole rings is 1. The number of amides is 1. The minimum absolute atomic E-state index is 0.0626. The number of carboxylic acid groups (broad SMARTS) is 1. The van der Waals surface area contributed by atoms with E-state index in [1.165, 1.54) is 16.2 Å². The molecule has 0 radical (unpaired) electrons. The first-order valence-electron chi connectivity index (χ1n) is 5.66. The summed E-state index contributed by atoms with van der Waals surface area (Å²) in [6.07, 6.45) is 1.17. The summed E-state index contributed by atoms with van der Waals surface area (Å²) >= 11 is 1.42. The fourth-order valence-electron chi connectivity index (χ4n) is 1.41. The highest BCUT2D eigenvalue weighted by molar-refractivity contribution is 7.09. The van der Waals surface area contributed by atoms with Crippen LogP contribution in [0.4, 0.5) is 0 Å². The third-order valence-electron chi connectivity index (χ3n) is 2.36. The van der Waals surface area contributed by atoms with Crippen molar-refractivity contribution in [2.75, 3.05) is 20.1 Å². The fourth-order valence-corrected chi connectivity index (χ4v) is 2.20. The Kier molecular flexibility index (Phi) is 5.73. The SMILES string of the molecule is CN(CCCC(=O)O)C(=O)c1csc(CCN)n1. The molecule has 0 saturated heterocycles. The summed E-state index contributed by atoms with van der Waals surface area (Å²) in [6, 6.07) is 0. The molecule has 0 bridgehead atoms. The van der Waals surface area contributed by atoms with Gasteiger partial charge < -0.3 is 15.7 Å². The number of carboxylic acids is 1. The van der Waals surface area contributed by atoms with Crippen LogP contribution in [0, 0.1) is 0 Å². The lowest BCUT2D eigenvalue weighted by Gasteiger charge is -2.14. The fraction of sp³-hybridized carbons (Fsp3) is 0.545. The van der Waals surface area contributed by atoms with Crippen LogP contribution in [-0.2, 0) is 11.2 Å². The third kappa shape index (κ3) is 4.42. The van der Waals surface area contributed by atoms with Gasteiger partial charge in [-0.05, 0) is 13.0 Å². The number of hydrogen-bond acceptors (Lipinski definition) is 5. The second-order valence-electron chi connectivity index (χ2n) is 3.89. The second-order valence-corrected chi connectivity index (χ2v) is 4.83. The van der Waals surface area contributed by atoms with Gasteiger partial charge in [-0.25, -0.2) is 4.98 Å². The zero-order chi connectivity index (χ0) is 13.5. The van der Waals surface area contributed by atoms with Crippen molar-refractivity contribution in [3.63, 3.8) is 0 Å². The zero-order valence-corrected chi connectivity index (χ0v) is 11.1. The number of aliphatic carboxylic acids is 1. The summed E-state index contributed by atoms with van der Waals surface area (Å²) in [6.45, 7) is 0.921. The van der Waals surface area contributed by atoms with E-state index in [1.807, 2.05) is 0 Å². The minimum Gasteiger partial charge on any atom is -0.481 e. The molecule has 1 heterocycles. The Morgan fingerprint density at radius 2 is 2.28 bits per heavy atom. The first-order valence-corrected chi connectivity index (χ1v) is 6.54. The first-order chi connectivity index (χ1) is 8.54. The first kappa shape index (κ1) is 14.6. The quantitative estimate of drug-likeness (QED) is 0.756. The molecular weight excluding hydrogens is 254 g/mol. The zero-order valence-electron chi connectivity index (χ0n) is 10.3. The molecule has 0 saturated carbocycles. The van der Waals surface area contributed by atoms with Crippen molar-refractivity contribution in [1.29, 1.82) is 0 Å². The van der Waals surface area contributed by atoms with Crippen molar-refractivity contribution >= 4 is 23.2 Å². The van der Waals surface area contributed by atoms with Gasteiger partial charge in [-0.3, -0.25) is 9.59 Å². The standard InChI is InChI=1S/C11H17N3O3S/c1-14(6-2-3-10(15)16)11(17)8-7-18-9(13-8)4-5-12/h7H,2-6,12H2,1H3,(H,15,16). The van der Waals surface area contributed by atoms with Crippen molar-refractivity contribution in [3.8, 4) is 0 Å². The van der Waals surface area contributed by atoms with Gasteiger partial charge in [0.2, 0.25) is 0 Å². The lowest BCUT2D eigenvalue weighted by Crippen LogP contribution is -2.28. The molecule has 3 N–H and O–H groups in total. The van der Waals surface area contributed by atoms with Gasteiger partial charge in [0.05, 0.1) is 5.01 Å². The summed E-state index contributed by atoms with van der Waals surface area (Å²) in [5.41, 5.74) is 5.82. The maximum Gasteiger partial charge on any atom is 0.303 e. The lowest BCUT2D eigenvalue weighted by molar-refractivity contribution is -0.137. The highest BCUT2D eigenvalue weighted by Gasteiger charge is 2.15. The van der Waals surface area contributed by atoms with Gasteiger partial charge in [-0.15, -0.1) is 11.3 Å². The average Bonchev–Trinajstić information content (AvgIpc) is 2.76. The second kappa shape index (κ2) is 7.07. The Hall–Kier alpha value is -1.47. The number of nitrogens with zero attached hydrogens (tertiary/aromatic N) is 2. The van der Waals surface area contributed by atoms with Crippen LogP contribution < -0.4 is 5.73 Å². The third-order valence-corrected chi connectivity index (χ3v) is 3.27. The van der Waals surface area contributed by atoms with Crippen LogP contribution in [0.2, 0.25) is 0 Å². The van der Waals surface area contributed by atoms with Crippen molar-refractivity contribution in [1.82, 2.24) is 9.88 Å². The van der Waals surface area contributed by atoms with Crippen LogP contribution in [0.3, 0.4) is 0 Å². The van der Waals surface area contributed by atoms with Gasteiger partial charge in [-0.1, -0.05) is 0 Å². The normalized spacial score (nSPS) is 10.3. The topological polar surface area (TPSA) is 96.5 Å². The number of nitrogens with two attached hydrogens (primary N) is 1. The molecule has 7 heteroatoms. The largest absolute Gasteiger partial charge is 0.481 e. The molecule has 100 valence electrons. The molecule has 0 spiro atoms. The molecule has 1 rings (SSSR count). The van der Waals surface area contributed by atoms with Gasteiger partial charge in [0.25, 0.3) is 5.91 Å². The summed E-state index contributed by atoms with van der Waals surface area (Å²) < 4.78 is 0. The Balaban J connectivity index is 2.48. The van der Waals surface area contributed by atoms with Gasteiger partial charge >= 0.3 is 5.97 Å². The summed E-state index contributed by atoms with van der Waals surface area (Å²) in [7, 11) is 1.64. The van der Waals surface area contributed by atoms with Crippen molar-refractivity contribution in [2.45, 2.75) is 19.3 Å². The maximum atomic E-state index is 11.9. The van der Waals surface area contributed by atoms with Crippen molar-refractivity contribution < 1.29 is 14.7 Å². The Morgan fingerprint density at radius 1 is 1.56 bits per heavy atom. The van der Waals surface area contributed by atoms with Crippen LogP contribution in [0.1, 0.15) is 28.3 Å². The summed E-state index contributed by atoms with van der Waals surface area (Å²) in [5.74, 6) is -1.03. The molecule has 0 aliphatic rings. The molecule has 0 aliphatic carbocycles. The average molecular weight is 271 g/mol. The van der Waals surface area contributed by atoms with E-state index in [1.54, 1.807) is 12.4 Å². The highest BCUT2D eigenvalue weighted by atomic mass is 32.1. The van der Waals surface area contributed by atoms with E-state index in [4.69, 9.17) is 10.8 Å². The number of hydrogen-bond donors (Lipinski definition) is 2. The van der Waals surface area contributed by atoms with E-state index in [0.717, 1.165) is 5.01 Å². The van der Waals surface area contributed by atoms with Crippen LogP contribution in [0.5, 0.6) is 0 Å². The number of carbonyl (C=O) groups is 2. The van der Waals surface area contributed by atoms with Gasteiger partial charge in [-0.2, -0.15) is 0 Å². The molecule has 18 heavy (non-hydrogen) atoms. The van der Waals surface area contributed by atoms with Crippen molar-refractivity contribution in [3.05, 3.63) is 16.1 Å². The predicted octanol–water partition coefficient (Wildman–Crippen LogP) is 0.581. The molecule has 1 aromatic heterocycles. The molecule has 0 atom stereocenters. The number of carbonyl (C=O) groups excluding carboxylic acids is 1. The molecular formula is C11H17N3O3S. The number of aromatic nitrogens is 1. The van der Waals surface area contributed by atoms with Gasteiger partial charge in [0, 0.05) is 31.8 Å². The lowest BCUT2D eigenvalue weighted by atomic mass is 10.3. The van der Waals surface area contributed by atoms with Crippen LogP contribution in [0.25, 0.3) is 0 Å². The monoisotopic (exact) mass is 271 g/mol. The predicted molar refractivity (Wildman–Crippen MR) is 68.7 cm³/mol. The maximum absolute atomic E-state index is 11.9. The molecule has 0 unspecified atom stereocenters. The van der Waals surface area contributed by atoms with E-state index in [2.05, 4.69) is 4.98 Å². The highest BCUT2D eigenvalue weighted by Crippen LogP contribution is 2.12. The molecule has 1 aromatic rings. The number of rotatable bonds is 7. The Bertz CT molecular complexity index is 419. The van der Waals surface area contributed by atoms with E-state index in [-0.39, 0.29) is 12.3 Å². The molecule has 1 amide bonds. The Labute approximate surface area is 109 Å². The Morgan fingerprint density at radius 3 is 2.89 bits per heavy atom. The van der Waals surface area contributed by atoms with Crippen molar-refractivity contribution in [2.24, 2.45) is 5.73 Å². The van der Waals surface area contributed by atoms with Crippen LogP contribution in [0.15, 0.2) is 5.38 Å². The van der Waals surface area contributed by atoms with Gasteiger partial charge in [0.15, 0.2) is 0 Å².